The predicted molar refractivity (Wildman–Crippen MR) is 85.5 cm³/mol. The van der Waals surface area contributed by atoms with Crippen molar-refractivity contribution in [3.63, 3.8) is 0 Å². The van der Waals surface area contributed by atoms with Crippen LogP contribution in [0.4, 0.5) is 5.82 Å². The van der Waals surface area contributed by atoms with Crippen LogP contribution in [0.25, 0.3) is 11.0 Å². The Kier molecular flexibility index (Phi) is 3.73. The lowest BCUT2D eigenvalue weighted by Crippen LogP contribution is -2.44. The normalized spacial score (nSPS) is 30.9. The van der Waals surface area contributed by atoms with E-state index in [1.807, 2.05) is 0 Å². The molecule has 2 aromatic rings. The molecule has 0 bridgehead atoms. The zero-order valence-corrected chi connectivity index (χ0v) is 13.1. The molecule has 1 saturated heterocycles. The minimum atomic E-state index is -1.66. The molecule has 23 heavy (non-hydrogen) atoms. The molecule has 0 spiro atoms. The van der Waals surface area contributed by atoms with Gasteiger partial charge in [0.1, 0.15) is 40.6 Å². The first-order valence-electron chi connectivity index (χ1n) is 6.86. The summed E-state index contributed by atoms with van der Waals surface area (Å²) in [6.07, 6.45) is -0.401. The standard InChI is InChI=1S/C13H17N5O4S/c1-13(21)8(20)6(3-19)22-12(13)18-2-5(10(15)23)7-9(14)16-4-17-11(7)18/h2,4,6,8,12,19-21H,3H2,1H3,(H2,15,23)(H2,14,16,17)/t6?,8?,12-,13+/m1/s1. The number of anilines is 1. The van der Waals surface area contributed by atoms with E-state index in [9.17, 15) is 15.3 Å². The monoisotopic (exact) mass is 339 g/mol. The average Bonchev–Trinajstić information content (AvgIpc) is 2.97. The number of nitrogens with zero attached hydrogens (tertiary/aromatic N) is 3. The number of hydrogen-bond donors (Lipinski definition) is 5. The van der Waals surface area contributed by atoms with Crippen molar-refractivity contribution in [2.24, 2.45) is 5.73 Å². The topological polar surface area (TPSA) is 153 Å². The van der Waals surface area contributed by atoms with Crippen LogP contribution in [0.3, 0.4) is 0 Å². The highest BCUT2D eigenvalue weighted by atomic mass is 32.1. The SMILES string of the molecule is C[C@]1(O)C(O)C(CO)O[C@H]1n1cc(C(N)=S)c2c(N)ncnc21. The number of nitrogens with two attached hydrogens (primary N) is 2. The summed E-state index contributed by atoms with van der Waals surface area (Å²) in [5, 5.41) is 30.5. The van der Waals surface area contributed by atoms with Crippen LogP contribution in [0, 0.1) is 0 Å². The molecule has 2 unspecified atom stereocenters. The van der Waals surface area contributed by atoms with Crippen molar-refractivity contribution in [3.8, 4) is 0 Å². The predicted octanol–water partition coefficient (Wildman–Crippen LogP) is -1.35. The Balaban J connectivity index is 2.21. The maximum Gasteiger partial charge on any atom is 0.167 e. The lowest BCUT2D eigenvalue weighted by atomic mass is 9.96. The minimum absolute atomic E-state index is 0.0900. The van der Waals surface area contributed by atoms with Crippen molar-refractivity contribution in [1.29, 1.82) is 0 Å². The van der Waals surface area contributed by atoms with E-state index in [1.165, 1.54) is 17.8 Å². The van der Waals surface area contributed by atoms with E-state index < -0.39 is 30.6 Å². The van der Waals surface area contributed by atoms with Crippen molar-refractivity contribution in [1.82, 2.24) is 14.5 Å². The molecule has 0 saturated carbocycles. The molecule has 4 atom stereocenters. The summed E-state index contributed by atoms with van der Waals surface area (Å²) >= 11 is 5.02. The van der Waals surface area contributed by atoms with Gasteiger partial charge in [0, 0.05) is 11.8 Å². The van der Waals surface area contributed by atoms with Crippen LogP contribution in [-0.4, -0.2) is 59.3 Å². The highest BCUT2D eigenvalue weighted by Gasteiger charge is 2.53. The third-order valence-corrected chi connectivity index (χ3v) is 4.31. The molecular weight excluding hydrogens is 322 g/mol. The van der Waals surface area contributed by atoms with Gasteiger partial charge in [0.25, 0.3) is 0 Å². The zero-order valence-electron chi connectivity index (χ0n) is 12.2. The van der Waals surface area contributed by atoms with Crippen molar-refractivity contribution in [3.05, 3.63) is 18.1 Å². The molecule has 0 aromatic carbocycles. The summed E-state index contributed by atoms with van der Waals surface area (Å²) in [6.45, 7) is 0.973. The van der Waals surface area contributed by atoms with Gasteiger partial charge in [-0.3, -0.25) is 0 Å². The Hall–Kier alpha value is -1.85. The Morgan fingerprint density at radius 3 is 2.78 bits per heavy atom. The number of fused-ring (bicyclic) bond motifs is 1. The van der Waals surface area contributed by atoms with Gasteiger partial charge in [-0.1, -0.05) is 12.2 Å². The van der Waals surface area contributed by atoms with Gasteiger partial charge in [-0.2, -0.15) is 0 Å². The molecule has 0 amide bonds. The Labute approximate surface area is 136 Å². The molecule has 1 aliphatic heterocycles. The van der Waals surface area contributed by atoms with Crippen molar-refractivity contribution in [2.75, 3.05) is 12.3 Å². The Morgan fingerprint density at radius 1 is 1.52 bits per heavy atom. The maximum atomic E-state index is 10.6. The van der Waals surface area contributed by atoms with E-state index in [4.69, 9.17) is 28.4 Å². The van der Waals surface area contributed by atoms with E-state index >= 15 is 0 Å². The molecule has 3 rings (SSSR count). The second-order valence-corrected chi connectivity index (χ2v) is 6.09. The van der Waals surface area contributed by atoms with E-state index in [0.29, 0.717) is 16.6 Å². The van der Waals surface area contributed by atoms with Gasteiger partial charge in [-0.15, -0.1) is 0 Å². The summed E-state index contributed by atoms with van der Waals surface area (Å²) in [4.78, 5) is 8.16. The van der Waals surface area contributed by atoms with E-state index in [2.05, 4.69) is 9.97 Å². The van der Waals surface area contributed by atoms with Crippen LogP contribution in [0.2, 0.25) is 0 Å². The molecule has 0 aliphatic carbocycles. The summed E-state index contributed by atoms with van der Waals surface area (Å²) in [5.41, 5.74) is 10.7. The number of hydrogen-bond acceptors (Lipinski definition) is 8. The quantitative estimate of drug-likeness (QED) is 0.427. The summed E-state index contributed by atoms with van der Waals surface area (Å²) in [5.74, 6) is 0.188. The lowest BCUT2D eigenvalue weighted by molar-refractivity contribution is -0.0948. The number of thiocarbonyl (C=S) groups is 1. The second-order valence-electron chi connectivity index (χ2n) is 5.65. The van der Waals surface area contributed by atoms with Gasteiger partial charge in [-0.25, -0.2) is 9.97 Å². The second kappa shape index (κ2) is 5.35. The minimum Gasteiger partial charge on any atom is -0.394 e. The molecule has 9 nitrogen and oxygen atoms in total. The van der Waals surface area contributed by atoms with E-state index in [-0.39, 0.29) is 10.8 Å². The van der Waals surface area contributed by atoms with E-state index in [1.54, 1.807) is 6.20 Å². The van der Waals surface area contributed by atoms with Gasteiger partial charge < -0.3 is 36.1 Å². The van der Waals surface area contributed by atoms with Crippen LogP contribution in [0.1, 0.15) is 18.7 Å². The van der Waals surface area contributed by atoms with Crippen molar-refractivity contribution >= 4 is 34.1 Å². The zero-order chi connectivity index (χ0) is 16.9. The van der Waals surface area contributed by atoms with Gasteiger partial charge >= 0.3 is 0 Å². The molecule has 7 N–H and O–H groups in total. The first-order chi connectivity index (χ1) is 10.8. The number of aliphatic hydroxyl groups excluding tert-OH is 2. The van der Waals surface area contributed by atoms with Crippen LogP contribution < -0.4 is 11.5 Å². The van der Waals surface area contributed by atoms with E-state index in [0.717, 1.165) is 0 Å². The van der Waals surface area contributed by atoms with Gasteiger partial charge in [-0.05, 0) is 6.92 Å². The van der Waals surface area contributed by atoms with Gasteiger partial charge in [0.05, 0.1) is 12.0 Å². The number of rotatable bonds is 3. The fourth-order valence-electron chi connectivity index (χ4n) is 2.86. The maximum absolute atomic E-state index is 10.6. The Morgan fingerprint density at radius 2 is 2.22 bits per heavy atom. The highest BCUT2D eigenvalue weighted by Crippen LogP contribution is 2.40. The average molecular weight is 339 g/mol. The molecule has 2 aromatic heterocycles. The number of nitrogen functional groups attached to an aromatic ring is 1. The largest absolute Gasteiger partial charge is 0.394 e. The van der Waals surface area contributed by atoms with Crippen LogP contribution in [0.5, 0.6) is 0 Å². The third-order valence-electron chi connectivity index (χ3n) is 4.09. The Bertz CT molecular complexity index is 777. The number of aromatic nitrogens is 3. The molecule has 1 fully saturated rings. The van der Waals surface area contributed by atoms with Crippen molar-refractivity contribution in [2.45, 2.75) is 31.0 Å². The van der Waals surface area contributed by atoms with Gasteiger partial charge in [0.15, 0.2) is 6.23 Å². The van der Waals surface area contributed by atoms with Gasteiger partial charge in [0.2, 0.25) is 0 Å². The number of ether oxygens (including phenoxy) is 1. The fourth-order valence-corrected chi connectivity index (χ4v) is 3.02. The summed E-state index contributed by atoms with van der Waals surface area (Å²) in [6, 6.07) is 0. The molecule has 124 valence electrons. The molecule has 0 radical (unpaired) electrons. The summed E-state index contributed by atoms with van der Waals surface area (Å²) in [7, 11) is 0. The summed E-state index contributed by atoms with van der Waals surface area (Å²) < 4.78 is 7.08. The highest BCUT2D eigenvalue weighted by molar-refractivity contribution is 7.80. The first kappa shape index (κ1) is 16.0. The number of aliphatic hydroxyl groups is 3. The smallest absolute Gasteiger partial charge is 0.167 e. The molecule has 1 aliphatic rings. The molecular formula is C13H17N5O4S. The van der Waals surface area contributed by atoms with Crippen LogP contribution in [0.15, 0.2) is 12.5 Å². The van der Waals surface area contributed by atoms with Crippen LogP contribution in [-0.2, 0) is 4.74 Å². The fraction of sp³-hybridized carbons (Fsp3) is 0.462. The van der Waals surface area contributed by atoms with Crippen molar-refractivity contribution < 1.29 is 20.1 Å². The third kappa shape index (κ3) is 2.26. The molecule has 3 heterocycles. The first-order valence-corrected chi connectivity index (χ1v) is 7.27. The lowest BCUT2D eigenvalue weighted by Gasteiger charge is -2.27. The van der Waals surface area contributed by atoms with Crippen LogP contribution >= 0.6 is 12.2 Å². The molecule has 10 heteroatoms.